The molecule has 1 saturated carbocycles. The molecule has 0 amide bonds. The molecule has 0 spiro atoms. The summed E-state index contributed by atoms with van der Waals surface area (Å²) in [6, 6.07) is 3.97. The molecule has 0 heterocycles. The third-order valence-corrected chi connectivity index (χ3v) is 5.87. The van der Waals surface area contributed by atoms with Gasteiger partial charge in [0.2, 0.25) is 0 Å². The third kappa shape index (κ3) is 2.83. The molecule has 0 saturated heterocycles. The summed E-state index contributed by atoms with van der Waals surface area (Å²) in [4.78, 5) is 17.6. The summed E-state index contributed by atoms with van der Waals surface area (Å²) in [6.07, 6.45) is 2.08. The minimum atomic E-state index is -5.56. The standard InChI is InChI=1S/C12H14BrF2O3PS/c1-11(20,7-2-3-7)8-4-5-9(10(13)6-8)12(14,15)19(16,17)18/h4-7,20H,2-3H2,1H3,(H2,16,17,18). The summed E-state index contributed by atoms with van der Waals surface area (Å²) in [5.41, 5.74) is -4.17. The molecule has 2 N–H and O–H groups in total. The van der Waals surface area contributed by atoms with Crippen molar-refractivity contribution < 1.29 is 23.1 Å². The van der Waals surface area contributed by atoms with E-state index in [0.29, 0.717) is 5.92 Å². The van der Waals surface area contributed by atoms with Gasteiger partial charge in [0.25, 0.3) is 0 Å². The van der Waals surface area contributed by atoms with Crippen LogP contribution in [-0.2, 0) is 15.0 Å². The molecule has 20 heavy (non-hydrogen) atoms. The molecule has 1 aromatic rings. The van der Waals surface area contributed by atoms with Crippen molar-refractivity contribution in [2.75, 3.05) is 0 Å². The number of benzene rings is 1. The second kappa shape index (κ2) is 5.06. The smallest absolute Gasteiger partial charge is 0.320 e. The molecule has 0 bridgehead atoms. The Balaban J connectivity index is 2.43. The summed E-state index contributed by atoms with van der Waals surface area (Å²) in [6.45, 7) is 1.91. The number of halogens is 3. The molecule has 1 aliphatic rings. The van der Waals surface area contributed by atoms with E-state index in [-0.39, 0.29) is 4.47 Å². The molecule has 1 aromatic carbocycles. The summed E-state index contributed by atoms with van der Waals surface area (Å²) < 4.78 is 37.9. The van der Waals surface area contributed by atoms with E-state index in [2.05, 4.69) is 28.6 Å². The Morgan fingerprint density at radius 1 is 1.40 bits per heavy atom. The Morgan fingerprint density at radius 2 is 1.95 bits per heavy atom. The largest absolute Gasteiger partial charge is 0.399 e. The zero-order valence-corrected chi connectivity index (χ0v) is 13.9. The van der Waals surface area contributed by atoms with Gasteiger partial charge in [0, 0.05) is 14.8 Å². The molecule has 0 radical (unpaired) electrons. The lowest BCUT2D eigenvalue weighted by molar-refractivity contribution is 0.0557. The predicted octanol–water partition coefficient (Wildman–Crippen LogP) is 4.23. The lowest BCUT2D eigenvalue weighted by atomic mass is 9.94. The van der Waals surface area contributed by atoms with Crippen LogP contribution in [0.2, 0.25) is 0 Å². The number of hydrogen-bond acceptors (Lipinski definition) is 2. The Labute approximate surface area is 129 Å². The van der Waals surface area contributed by atoms with E-state index < -0.39 is 23.6 Å². The lowest BCUT2D eigenvalue weighted by Gasteiger charge is -2.26. The van der Waals surface area contributed by atoms with Gasteiger partial charge in [-0.25, -0.2) is 0 Å². The van der Waals surface area contributed by atoms with Crippen LogP contribution in [0.25, 0.3) is 0 Å². The maximum absolute atomic E-state index is 13.7. The number of rotatable bonds is 4. The maximum Gasteiger partial charge on any atom is 0.399 e. The summed E-state index contributed by atoms with van der Waals surface area (Å²) in [5.74, 6) is 0.394. The summed E-state index contributed by atoms with van der Waals surface area (Å²) in [7, 11) is -5.56. The van der Waals surface area contributed by atoms with Gasteiger partial charge in [0.15, 0.2) is 0 Å². The fourth-order valence-corrected chi connectivity index (χ4v) is 3.80. The average Bonchev–Trinajstić information content (AvgIpc) is 3.10. The van der Waals surface area contributed by atoms with Crippen molar-refractivity contribution in [3.63, 3.8) is 0 Å². The highest BCUT2D eigenvalue weighted by atomic mass is 79.9. The van der Waals surface area contributed by atoms with Crippen LogP contribution >= 0.6 is 36.2 Å². The van der Waals surface area contributed by atoms with Crippen molar-refractivity contribution in [2.24, 2.45) is 5.92 Å². The van der Waals surface area contributed by atoms with Gasteiger partial charge in [0.05, 0.1) is 0 Å². The highest BCUT2D eigenvalue weighted by Crippen LogP contribution is 2.61. The van der Waals surface area contributed by atoms with Crippen molar-refractivity contribution in [2.45, 2.75) is 30.2 Å². The molecule has 0 aromatic heterocycles. The second-order valence-corrected chi connectivity index (χ2v) is 8.63. The predicted molar refractivity (Wildman–Crippen MR) is 79.1 cm³/mol. The van der Waals surface area contributed by atoms with E-state index in [9.17, 15) is 13.3 Å². The van der Waals surface area contributed by atoms with Crippen LogP contribution in [0, 0.1) is 5.92 Å². The Morgan fingerprint density at radius 3 is 2.35 bits per heavy atom. The van der Waals surface area contributed by atoms with Gasteiger partial charge in [-0.15, -0.1) is 0 Å². The first-order chi connectivity index (χ1) is 8.98. The van der Waals surface area contributed by atoms with Gasteiger partial charge in [-0.05, 0) is 37.3 Å². The minimum absolute atomic E-state index is 0.0238. The summed E-state index contributed by atoms with van der Waals surface area (Å²) in [5, 5.41) is 0. The van der Waals surface area contributed by atoms with Gasteiger partial charge < -0.3 is 9.79 Å². The van der Waals surface area contributed by atoms with Crippen molar-refractivity contribution in [3.05, 3.63) is 33.8 Å². The van der Waals surface area contributed by atoms with Crippen LogP contribution in [0.1, 0.15) is 30.9 Å². The zero-order valence-electron chi connectivity index (χ0n) is 10.6. The van der Waals surface area contributed by atoms with E-state index in [1.807, 2.05) is 6.92 Å². The third-order valence-electron chi connectivity index (χ3n) is 3.62. The molecule has 3 nitrogen and oxygen atoms in total. The molecule has 0 aliphatic heterocycles. The van der Waals surface area contributed by atoms with Crippen LogP contribution < -0.4 is 0 Å². The van der Waals surface area contributed by atoms with E-state index in [1.165, 1.54) is 12.1 Å². The fourth-order valence-electron chi connectivity index (χ4n) is 2.11. The molecule has 1 fully saturated rings. The van der Waals surface area contributed by atoms with Gasteiger partial charge in [0.1, 0.15) is 0 Å². The molecule has 1 unspecified atom stereocenters. The van der Waals surface area contributed by atoms with Crippen molar-refractivity contribution in [1.82, 2.24) is 0 Å². The second-order valence-electron chi connectivity index (χ2n) is 5.20. The van der Waals surface area contributed by atoms with Gasteiger partial charge in [-0.3, -0.25) is 4.57 Å². The molecule has 8 heteroatoms. The molecule has 1 atom stereocenters. The normalized spacial score (nSPS) is 19.8. The van der Waals surface area contributed by atoms with Gasteiger partial charge in [-0.2, -0.15) is 21.4 Å². The topological polar surface area (TPSA) is 57.5 Å². The Hall–Kier alpha value is 0.0600. The quantitative estimate of drug-likeness (QED) is 0.536. The van der Waals surface area contributed by atoms with Crippen molar-refractivity contribution in [1.29, 1.82) is 0 Å². The van der Waals surface area contributed by atoms with Crippen molar-refractivity contribution in [3.8, 4) is 0 Å². The van der Waals surface area contributed by atoms with Gasteiger partial charge in [-0.1, -0.05) is 28.1 Å². The average molecular weight is 387 g/mol. The molecular formula is C12H14BrF2O3PS. The summed E-state index contributed by atoms with van der Waals surface area (Å²) >= 11 is 7.56. The number of hydrogen-bond donors (Lipinski definition) is 3. The number of alkyl halides is 2. The minimum Gasteiger partial charge on any atom is -0.320 e. The molecular weight excluding hydrogens is 373 g/mol. The molecule has 2 rings (SSSR count). The van der Waals surface area contributed by atoms with Crippen LogP contribution in [0.15, 0.2) is 22.7 Å². The SMILES string of the molecule is CC(S)(c1ccc(C(F)(F)P(=O)(O)O)c(Br)c1)C1CC1. The van der Waals surface area contributed by atoms with Crippen LogP contribution in [0.3, 0.4) is 0 Å². The van der Waals surface area contributed by atoms with E-state index >= 15 is 0 Å². The van der Waals surface area contributed by atoms with Crippen LogP contribution in [0.4, 0.5) is 8.78 Å². The zero-order chi connectivity index (χ0) is 15.3. The lowest BCUT2D eigenvalue weighted by Crippen LogP contribution is -2.19. The van der Waals surface area contributed by atoms with Crippen LogP contribution in [0.5, 0.6) is 0 Å². The van der Waals surface area contributed by atoms with E-state index in [1.54, 1.807) is 0 Å². The first-order valence-electron chi connectivity index (χ1n) is 5.94. The maximum atomic E-state index is 13.7. The number of thiol groups is 1. The highest BCUT2D eigenvalue weighted by Gasteiger charge is 2.51. The van der Waals surface area contributed by atoms with Crippen molar-refractivity contribution >= 4 is 36.2 Å². The highest BCUT2D eigenvalue weighted by molar-refractivity contribution is 9.10. The first-order valence-corrected chi connectivity index (χ1v) is 8.79. The van der Waals surface area contributed by atoms with E-state index in [4.69, 9.17) is 9.79 Å². The Bertz CT molecular complexity index is 584. The van der Waals surface area contributed by atoms with E-state index in [0.717, 1.165) is 24.5 Å². The molecule has 112 valence electrons. The fraction of sp³-hybridized carbons (Fsp3) is 0.500. The van der Waals surface area contributed by atoms with Gasteiger partial charge >= 0.3 is 13.3 Å². The monoisotopic (exact) mass is 386 g/mol. The van der Waals surface area contributed by atoms with Crippen LogP contribution in [-0.4, -0.2) is 9.79 Å². The Kier molecular flexibility index (Phi) is 4.15. The first kappa shape index (κ1) is 16.4. The molecule has 1 aliphatic carbocycles.